The predicted octanol–water partition coefficient (Wildman–Crippen LogP) is 3.24. The number of allylic oxidation sites excluding steroid dienone is 1. The summed E-state index contributed by atoms with van der Waals surface area (Å²) in [6.45, 7) is 6.02. The molecule has 0 aliphatic carbocycles. The number of ether oxygens (including phenoxy) is 1. The second kappa shape index (κ2) is 6.62. The molecule has 1 aromatic carbocycles. The van der Waals surface area contributed by atoms with E-state index in [9.17, 15) is 4.79 Å². The van der Waals surface area contributed by atoms with E-state index in [4.69, 9.17) is 4.74 Å². The molecule has 0 aromatic heterocycles. The molecule has 2 nitrogen and oxygen atoms in total. The molecule has 0 N–H and O–H groups in total. The van der Waals surface area contributed by atoms with E-state index in [2.05, 4.69) is 6.58 Å². The Morgan fingerprint density at radius 1 is 1.44 bits per heavy atom. The van der Waals surface area contributed by atoms with Gasteiger partial charge in [-0.3, -0.25) is 4.79 Å². The topological polar surface area (TPSA) is 26.3 Å². The van der Waals surface area contributed by atoms with Gasteiger partial charge in [-0.1, -0.05) is 37.8 Å². The highest BCUT2D eigenvalue weighted by atomic mass is 16.5. The van der Waals surface area contributed by atoms with Crippen LogP contribution in [-0.2, 0) is 4.79 Å². The lowest BCUT2D eigenvalue weighted by Gasteiger charge is -2.07. The Bertz CT molecular complexity index is 391. The van der Waals surface area contributed by atoms with Crippen molar-refractivity contribution >= 4 is 12.4 Å². The van der Waals surface area contributed by atoms with Crippen molar-refractivity contribution in [2.24, 2.45) is 0 Å². The number of rotatable bonds is 6. The van der Waals surface area contributed by atoms with Gasteiger partial charge in [0.1, 0.15) is 18.6 Å². The third-order valence-electron chi connectivity index (χ3n) is 2.18. The summed E-state index contributed by atoms with van der Waals surface area (Å²) in [7, 11) is 0. The highest BCUT2D eigenvalue weighted by Crippen LogP contribution is 2.21. The van der Waals surface area contributed by atoms with Gasteiger partial charge in [-0.2, -0.15) is 0 Å². The highest BCUT2D eigenvalue weighted by molar-refractivity contribution is 5.82. The first kappa shape index (κ1) is 12.2. The zero-order valence-electron chi connectivity index (χ0n) is 9.48. The second-order valence-electron chi connectivity index (χ2n) is 3.33. The van der Waals surface area contributed by atoms with Crippen molar-refractivity contribution < 1.29 is 9.53 Å². The van der Waals surface area contributed by atoms with Crippen molar-refractivity contribution in [3.05, 3.63) is 48.1 Å². The number of benzene rings is 1. The molecule has 0 bridgehead atoms. The molecule has 0 saturated heterocycles. The molecular weight excluding hydrogens is 200 g/mol. The third-order valence-corrected chi connectivity index (χ3v) is 2.18. The van der Waals surface area contributed by atoms with Crippen LogP contribution in [0.2, 0.25) is 0 Å². The van der Waals surface area contributed by atoms with E-state index in [1.807, 2.05) is 37.3 Å². The first-order valence-corrected chi connectivity index (χ1v) is 5.30. The van der Waals surface area contributed by atoms with Crippen LogP contribution >= 0.6 is 0 Å². The molecular formula is C14H16O2. The molecule has 0 unspecified atom stereocenters. The number of carbonyl (C=O) groups is 1. The minimum absolute atomic E-state index is 0.466. The van der Waals surface area contributed by atoms with Crippen molar-refractivity contribution in [1.29, 1.82) is 0 Å². The molecule has 0 aliphatic rings. The molecule has 0 amide bonds. The van der Waals surface area contributed by atoms with Gasteiger partial charge in [0.2, 0.25) is 0 Å². The molecule has 1 rings (SSSR count). The normalized spacial score (nSPS) is 10.9. The lowest BCUT2D eigenvalue weighted by Crippen LogP contribution is -1.95. The lowest BCUT2D eigenvalue weighted by molar-refractivity contribution is -0.104. The Labute approximate surface area is 96.2 Å². The predicted molar refractivity (Wildman–Crippen MR) is 66.5 cm³/mol. The van der Waals surface area contributed by atoms with E-state index in [0.717, 1.165) is 29.6 Å². The van der Waals surface area contributed by atoms with Crippen LogP contribution in [0, 0.1) is 0 Å². The monoisotopic (exact) mass is 216 g/mol. The Balaban J connectivity index is 2.97. The fourth-order valence-electron chi connectivity index (χ4n) is 1.30. The van der Waals surface area contributed by atoms with Gasteiger partial charge in [0.05, 0.1) is 0 Å². The van der Waals surface area contributed by atoms with Gasteiger partial charge in [-0.25, -0.2) is 0 Å². The van der Waals surface area contributed by atoms with Crippen LogP contribution < -0.4 is 4.74 Å². The smallest absolute Gasteiger partial charge is 0.146 e. The van der Waals surface area contributed by atoms with E-state index in [1.54, 1.807) is 6.08 Å². The summed E-state index contributed by atoms with van der Waals surface area (Å²) < 4.78 is 5.50. The van der Waals surface area contributed by atoms with Crippen molar-refractivity contribution in [3.8, 4) is 5.75 Å². The summed E-state index contributed by atoms with van der Waals surface area (Å²) in [4.78, 5) is 10.7. The minimum atomic E-state index is 0.466. The average molecular weight is 216 g/mol. The van der Waals surface area contributed by atoms with Crippen LogP contribution in [0.15, 0.2) is 42.5 Å². The molecule has 0 heterocycles. The van der Waals surface area contributed by atoms with Crippen LogP contribution in [0.5, 0.6) is 5.75 Å². The Hall–Kier alpha value is -1.83. The van der Waals surface area contributed by atoms with Gasteiger partial charge < -0.3 is 4.74 Å². The van der Waals surface area contributed by atoms with Crippen molar-refractivity contribution in [3.63, 3.8) is 0 Å². The van der Waals surface area contributed by atoms with Crippen molar-refractivity contribution in [1.82, 2.24) is 0 Å². The maximum atomic E-state index is 10.7. The van der Waals surface area contributed by atoms with Crippen molar-refractivity contribution in [2.75, 3.05) is 6.61 Å². The highest BCUT2D eigenvalue weighted by Gasteiger charge is 2.00. The van der Waals surface area contributed by atoms with E-state index >= 15 is 0 Å². The van der Waals surface area contributed by atoms with Crippen molar-refractivity contribution in [2.45, 2.75) is 13.3 Å². The number of aldehydes is 1. The SMILES string of the molecule is C=CCOc1ccccc1C=C(C=O)CC. The molecule has 1 aromatic rings. The third kappa shape index (κ3) is 3.39. The first-order valence-electron chi connectivity index (χ1n) is 5.30. The fourth-order valence-corrected chi connectivity index (χ4v) is 1.30. The largest absolute Gasteiger partial charge is 0.489 e. The van der Waals surface area contributed by atoms with Crippen LogP contribution in [0.1, 0.15) is 18.9 Å². The van der Waals surface area contributed by atoms with Crippen LogP contribution in [-0.4, -0.2) is 12.9 Å². The van der Waals surface area contributed by atoms with Gasteiger partial charge in [-0.15, -0.1) is 0 Å². The maximum Gasteiger partial charge on any atom is 0.146 e. The molecule has 0 atom stereocenters. The number of carbonyl (C=O) groups excluding carboxylic acids is 1. The van der Waals surface area contributed by atoms with Crippen LogP contribution in [0.4, 0.5) is 0 Å². The molecule has 84 valence electrons. The summed E-state index contributed by atoms with van der Waals surface area (Å²) in [5.41, 5.74) is 1.68. The number of para-hydroxylation sites is 1. The van der Waals surface area contributed by atoms with E-state index in [-0.39, 0.29) is 0 Å². The fraction of sp³-hybridized carbons (Fsp3) is 0.214. The average Bonchev–Trinajstić information content (AvgIpc) is 2.34. The Morgan fingerprint density at radius 3 is 2.81 bits per heavy atom. The Kier molecular flexibility index (Phi) is 5.06. The van der Waals surface area contributed by atoms with E-state index in [1.165, 1.54) is 0 Å². The van der Waals surface area contributed by atoms with E-state index < -0.39 is 0 Å². The molecule has 0 aliphatic heterocycles. The standard InChI is InChI=1S/C14H16O2/c1-3-9-16-14-8-6-5-7-13(14)10-12(4-2)11-15/h3,5-8,10-11H,1,4,9H2,2H3. The van der Waals surface area contributed by atoms with Gasteiger partial charge >= 0.3 is 0 Å². The molecule has 2 heteroatoms. The Morgan fingerprint density at radius 2 is 2.19 bits per heavy atom. The number of hydrogen-bond acceptors (Lipinski definition) is 2. The molecule has 0 fully saturated rings. The van der Waals surface area contributed by atoms with Gasteiger partial charge in [-0.05, 0) is 24.1 Å². The maximum absolute atomic E-state index is 10.7. The summed E-state index contributed by atoms with van der Waals surface area (Å²) in [5.74, 6) is 0.773. The molecule has 0 radical (unpaired) electrons. The summed E-state index contributed by atoms with van der Waals surface area (Å²) in [6, 6.07) is 7.64. The molecule has 0 saturated carbocycles. The van der Waals surface area contributed by atoms with Crippen LogP contribution in [0.3, 0.4) is 0 Å². The second-order valence-corrected chi connectivity index (χ2v) is 3.33. The van der Waals surface area contributed by atoms with Gasteiger partial charge in [0.15, 0.2) is 0 Å². The molecule has 0 spiro atoms. The zero-order valence-corrected chi connectivity index (χ0v) is 9.48. The zero-order chi connectivity index (χ0) is 11.8. The van der Waals surface area contributed by atoms with Gasteiger partial charge in [0, 0.05) is 5.56 Å². The van der Waals surface area contributed by atoms with E-state index in [0.29, 0.717) is 6.61 Å². The summed E-state index contributed by atoms with van der Waals surface area (Å²) in [6.07, 6.45) is 5.15. The minimum Gasteiger partial charge on any atom is -0.489 e. The molecule has 16 heavy (non-hydrogen) atoms. The van der Waals surface area contributed by atoms with Gasteiger partial charge in [0.25, 0.3) is 0 Å². The summed E-state index contributed by atoms with van der Waals surface area (Å²) in [5, 5.41) is 0. The number of hydrogen-bond donors (Lipinski definition) is 0. The first-order chi connectivity index (χ1) is 7.81. The van der Waals surface area contributed by atoms with Crippen LogP contribution in [0.25, 0.3) is 6.08 Å². The quantitative estimate of drug-likeness (QED) is 0.414. The lowest BCUT2D eigenvalue weighted by atomic mass is 10.1. The summed E-state index contributed by atoms with van der Waals surface area (Å²) >= 11 is 0.